The minimum Gasteiger partial charge on any atom is -0.360 e. The molecule has 0 aliphatic carbocycles. The van der Waals surface area contributed by atoms with Crippen molar-refractivity contribution in [3.63, 3.8) is 0 Å². The van der Waals surface area contributed by atoms with Crippen LogP contribution in [0.2, 0.25) is 0 Å². The third-order valence-corrected chi connectivity index (χ3v) is 2.96. The van der Waals surface area contributed by atoms with Gasteiger partial charge in [0.2, 0.25) is 0 Å². The predicted molar refractivity (Wildman–Crippen MR) is 61.9 cm³/mol. The highest BCUT2D eigenvalue weighted by molar-refractivity contribution is 6.44. The highest BCUT2D eigenvalue weighted by Gasteiger charge is 2.24. The van der Waals surface area contributed by atoms with Gasteiger partial charge in [0.25, 0.3) is 5.71 Å². The summed E-state index contributed by atoms with van der Waals surface area (Å²) in [7, 11) is 0. The molecule has 2 aromatic carbocycles. The van der Waals surface area contributed by atoms with Gasteiger partial charge in [-0.15, -0.1) is 0 Å². The molecule has 3 rings (SSSR count). The van der Waals surface area contributed by atoms with Crippen molar-refractivity contribution in [3.05, 3.63) is 47.5 Å². The predicted octanol–water partition coefficient (Wildman–Crippen LogP) is -0.292. The van der Waals surface area contributed by atoms with Gasteiger partial charge in [-0.25, -0.2) is 4.99 Å². The largest absolute Gasteiger partial charge is 0.360 e. The first-order valence-corrected chi connectivity index (χ1v) is 5.19. The molecule has 1 amide bonds. The molecular weight excluding hydrogens is 200 g/mol. The Morgan fingerprint density at radius 2 is 1.94 bits per heavy atom. The Hall–Kier alpha value is -2.16. The van der Waals surface area contributed by atoms with Crippen molar-refractivity contribution in [3.8, 4) is 0 Å². The molecule has 16 heavy (non-hydrogen) atoms. The van der Waals surface area contributed by atoms with Crippen LogP contribution in [0.5, 0.6) is 0 Å². The van der Waals surface area contributed by atoms with E-state index >= 15 is 0 Å². The molecule has 0 saturated carbocycles. The van der Waals surface area contributed by atoms with Gasteiger partial charge in [0.15, 0.2) is 6.54 Å². The van der Waals surface area contributed by atoms with Crippen LogP contribution in [-0.4, -0.2) is 11.6 Å². The Kier molecular flexibility index (Phi) is 1.80. The summed E-state index contributed by atoms with van der Waals surface area (Å²) in [6.07, 6.45) is 0. The van der Waals surface area contributed by atoms with Gasteiger partial charge in [0, 0.05) is 10.9 Å². The van der Waals surface area contributed by atoms with Crippen LogP contribution in [-0.2, 0) is 11.3 Å². The molecule has 0 bridgehead atoms. The summed E-state index contributed by atoms with van der Waals surface area (Å²) in [5.74, 6) is -0.401. The average molecular weight is 211 g/mol. The Bertz CT molecular complexity index is 624. The lowest BCUT2D eigenvalue weighted by Crippen LogP contribution is -2.75. The molecule has 3 heteroatoms. The Morgan fingerprint density at radius 1 is 1.19 bits per heavy atom. The fourth-order valence-corrected chi connectivity index (χ4v) is 2.27. The molecule has 3 N–H and O–H groups in total. The lowest BCUT2D eigenvalue weighted by Gasteiger charge is -2.11. The van der Waals surface area contributed by atoms with Crippen molar-refractivity contribution in [2.45, 2.75) is 6.54 Å². The Balaban J connectivity index is 2.41. The van der Waals surface area contributed by atoms with Crippen molar-refractivity contribution in [2.24, 2.45) is 5.73 Å². The number of amides is 1. The van der Waals surface area contributed by atoms with Crippen molar-refractivity contribution in [2.75, 3.05) is 0 Å². The van der Waals surface area contributed by atoms with E-state index in [9.17, 15) is 4.79 Å². The second-order valence-corrected chi connectivity index (χ2v) is 3.91. The number of primary amides is 1. The fourth-order valence-electron chi connectivity index (χ4n) is 2.27. The number of nitrogens with two attached hydrogens (primary N) is 1. The fraction of sp³-hybridized carbons (Fsp3) is 0.0769. The smallest absolute Gasteiger partial charge is 0.313 e. The third kappa shape index (κ3) is 1.15. The van der Waals surface area contributed by atoms with Gasteiger partial charge in [-0.2, -0.15) is 0 Å². The average Bonchev–Trinajstić information content (AvgIpc) is 2.30. The molecule has 78 valence electrons. The van der Waals surface area contributed by atoms with Crippen LogP contribution >= 0.6 is 0 Å². The molecule has 0 atom stereocenters. The molecule has 1 aliphatic rings. The quantitative estimate of drug-likeness (QED) is 0.669. The molecular formula is C13H11N2O+. The first-order chi connectivity index (χ1) is 7.77. The number of nitrogens with one attached hydrogen (secondary N) is 1. The number of hydrogen-bond acceptors (Lipinski definition) is 1. The van der Waals surface area contributed by atoms with Crippen molar-refractivity contribution < 1.29 is 9.79 Å². The van der Waals surface area contributed by atoms with Gasteiger partial charge in [0.05, 0.1) is 5.56 Å². The maximum absolute atomic E-state index is 11.3. The van der Waals surface area contributed by atoms with Gasteiger partial charge in [0.1, 0.15) is 0 Å². The van der Waals surface area contributed by atoms with Crippen LogP contribution in [0.1, 0.15) is 11.1 Å². The summed E-state index contributed by atoms with van der Waals surface area (Å²) in [6.45, 7) is 0.659. The van der Waals surface area contributed by atoms with E-state index in [4.69, 9.17) is 5.73 Å². The zero-order valence-electron chi connectivity index (χ0n) is 8.66. The van der Waals surface area contributed by atoms with Crippen LogP contribution in [0.3, 0.4) is 0 Å². The second kappa shape index (κ2) is 3.17. The summed E-state index contributed by atoms with van der Waals surface area (Å²) < 4.78 is 0. The topological polar surface area (TPSA) is 57.1 Å². The van der Waals surface area contributed by atoms with E-state index in [-0.39, 0.29) is 0 Å². The van der Waals surface area contributed by atoms with Crippen LogP contribution in [0.4, 0.5) is 0 Å². The molecule has 0 fully saturated rings. The van der Waals surface area contributed by atoms with E-state index < -0.39 is 5.91 Å². The van der Waals surface area contributed by atoms with Crippen molar-refractivity contribution in [1.29, 1.82) is 0 Å². The standard InChI is InChI=1S/C13H10N2O/c14-13(16)12-10-6-2-4-8-3-1-5-9(7-15-12)11(8)10/h1-6H,7H2,(H2,14,16)/p+1. The van der Waals surface area contributed by atoms with Crippen molar-refractivity contribution >= 4 is 22.4 Å². The highest BCUT2D eigenvalue weighted by Crippen LogP contribution is 2.23. The van der Waals surface area contributed by atoms with Gasteiger partial charge in [-0.05, 0) is 11.5 Å². The van der Waals surface area contributed by atoms with Crippen LogP contribution in [0.15, 0.2) is 36.4 Å². The molecule has 0 radical (unpaired) electrons. The van der Waals surface area contributed by atoms with Gasteiger partial charge in [-0.3, -0.25) is 4.79 Å². The molecule has 0 aromatic heterocycles. The van der Waals surface area contributed by atoms with E-state index in [0.717, 1.165) is 16.3 Å². The van der Waals surface area contributed by atoms with Gasteiger partial charge < -0.3 is 5.73 Å². The Labute approximate surface area is 92.6 Å². The van der Waals surface area contributed by atoms with E-state index in [0.29, 0.717) is 12.3 Å². The number of carbonyl (C=O) groups excluding carboxylic acids is 1. The SMILES string of the molecule is NC(=O)C1=[NH+]Cc2cccc3cccc1c23. The molecule has 0 unspecified atom stereocenters. The van der Waals surface area contributed by atoms with E-state index in [1.165, 1.54) is 5.56 Å². The molecule has 1 heterocycles. The maximum Gasteiger partial charge on any atom is 0.313 e. The normalized spacial score (nSPS) is 13.6. The zero-order chi connectivity index (χ0) is 11.1. The summed E-state index contributed by atoms with van der Waals surface area (Å²) in [4.78, 5) is 14.4. The molecule has 0 saturated heterocycles. The lowest BCUT2D eigenvalue weighted by molar-refractivity contribution is -0.474. The second-order valence-electron chi connectivity index (χ2n) is 3.91. The molecule has 0 spiro atoms. The summed E-state index contributed by atoms with van der Waals surface area (Å²) in [5.41, 5.74) is 7.99. The van der Waals surface area contributed by atoms with Crippen LogP contribution in [0, 0.1) is 0 Å². The first kappa shape index (κ1) is 9.09. The van der Waals surface area contributed by atoms with Crippen LogP contribution in [0.25, 0.3) is 10.8 Å². The summed E-state index contributed by atoms with van der Waals surface area (Å²) in [5, 5.41) is 2.28. The minimum atomic E-state index is -0.401. The number of carbonyl (C=O) groups is 1. The first-order valence-electron chi connectivity index (χ1n) is 5.19. The molecule has 1 aliphatic heterocycles. The van der Waals surface area contributed by atoms with E-state index in [1.54, 1.807) is 0 Å². The lowest BCUT2D eigenvalue weighted by atomic mass is 9.94. The number of benzene rings is 2. The minimum absolute atomic E-state index is 0.401. The zero-order valence-corrected chi connectivity index (χ0v) is 8.66. The Morgan fingerprint density at radius 3 is 2.69 bits per heavy atom. The number of rotatable bonds is 1. The van der Waals surface area contributed by atoms with Gasteiger partial charge >= 0.3 is 5.91 Å². The third-order valence-electron chi connectivity index (χ3n) is 2.96. The van der Waals surface area contributed by atoms with Gasteiger partial charge in [-0.1, -0.05) is 30.3 Å². The highest BCUT2D eigenvalue weighted by atomic mass is 16.1. The summed E-state index contributed by atoms with van der Waals surface area (Å²) >= 11 is 0. The van der Waals surface area contributed by atoms with E-state index in [1.807, 2.05) is 30.3 Å². The van der Waals surface area contributed by atoms with E-state index in [2.05, 4.69) is 11.1 Å². The maximum atomic E-state index is 11.3. The molecule has 2 aromatic rings. The van der Waals surface area contributed by atoms with Crippen LogP contribution < -0.4 is 10.7 Å². The number of hydrogen-bond donors (Lipinski definition) is 2. The van der Waals surface area contributed by atoms with Crippen molar-refractivity contribution in [1.82, 2.24) is 0 Å². The summed E-state index contributed by atoms with van der Waals surface area (Å²) in [6, 6.07) is 12.1. The monoisotopic (exact) mass is 211 g/mol. The molecule has 3 nitrogen and oxygen atoms in total.